The molecule has 4 heterocycles. The molecule has 0 aromatic carbocycles. The Morgan fingerprint density at radius 3 is 1.17 bits per heavy atom. The predicted octanol–water partition coefficient (Wildman–Crippen LogP) is 11.3. The molecule has 4 fully saturated rings. The van der Waals surface area contributed by atoms with Crippen molar-refractivity contribution in [1.29, 1.82) is 0 Å². The maximum absolute atomic E-state index is 5.28. The first-order valence-electron chi connectivity index (χ1n) is 13.1. The van der Waals surface area contributed by atoms with E-state index in [1.165, 1.54) is 74.4 Å². The molecule has 4 heteroatoms. The van der Waals surface area contributed by atoms with Gasteiger partial charge in [0.1, 0.15) is 0 Å². The number of thioether (sulfide) groups is 2. The third kappa shape index (κ3) is 23.7. The van der Waals surface area contributed by atoms with Gasteiger partial charge < -0.3 is 9.47 Å². The molecular weight excluding hydrogens is 480 g/mol. The Morgan fingerprint density at radius 2 is 0.944 bits per heavy atom. The highest BCUT2D eigenvalue weighted by Gasteiger charge is 2.22. The van der Waals surface area contributed by atoms with Gasteiger partial charge in [0.05, 0.1) is 6.61 Å². The van der Waals surface area contributed by atoms with Crippen molar-refractivity contribution in [3.8, 4) is 0 Å². The van der Waals surface area contributed by atoms with E-state index >= 15 is 0 Å². The van der Waals surface area contributed by atoms with E-state index in [1.807, 2.05) is 0 Å². The van der Waals surface area contributed by atoms with Gasteiger partial charge >= 0.3 is 0 Å². The van der Waals surface area contributed by atoms with E-state index in [0.29, 0.717) is 21.7 Å². The zero-order chi connectivity index (χ0) is 24.1. The first-order chi connectivity index (χ1) is 14.8. The number of ether oxygens (including phenoxy) is 2. The lowest BCUT2D eigenvalue weighted by Crippen LogP contribution is -2.24. The molecule has 4 rings (SSSR count). The molecule has 36 heavy (non-hydrogen) atoms. The van der Waals surface area contributed by atoms with Crippen LogP contribution in [0.3, 0.4) is 0 Å². The molecule has 0 aromatic rings. The maximum Gasteiger partial charge on any atom is 0.0517 e. The van der Waals surface area contributed by atoms with Crippen LogP contribution in [0.25, 0.3) is 0 Å². The fraction of sp³-hybridized carbons (Fsp3) is 1.00. The zero-order valence-electron chi connectivity index (χ0n) is 22.9. The molecular formula is C32H72O2S2. The Bertz CT molecular complexity index is 367. The van der Waals surface area contributed by atoms with Crippen molar-refractivity contribution in [3.63, 3.8) is 0 Å². The Kier molecular flexibility index (Phi) is 26.0. The van der Waals surface area contributed by atoms with Crippen molar-refractivity contribution in [1.82, 2.24) is 0 Å². The van der Waals surface area contributed by atoms with E-state index in [0.717, 1.165) is 26.4 Å². The average molecular weight is 553 g/mol. The van der Waals surface area contributed by atoms with Crippen LogP contribution in [0.1, 0.15) is 136 Å². The normalized spacial score (nSPS) is 24.7. The molecule has 2 nitrogen and oxygen atoms in total. The largest absolute Gasteiger partial charge is 0.381 e. The first-order valence-corrected chi connectivity index (χ1v) is 15.4. The van der Waals surface area contributed by atoms with Crippen LogP contribution in [-0.2, 0) is 9.47 Å². The lowest BCUT2D eigenvalue weighted by molar-refractivity contribution is 0.0127. The van der Waals surface area contributed by atoms with Crippen LogP contribution in [0.5, 0.6) is 0 Å². The van der Waals surface area contributed by atoms with Crippen molar-refractivity contribution in [3.05, 3.63) is 0 Å². The van der Waals surface area contributed by atoms with Crippen molar-refractivity contribution >= 4 is 23.5 Å². The maximum atomic E-state index is 5.28. The molecule has 0 bridgehead atoms. The summed E-state index contributed by atoms with van der Waals surface area (Å²) in [5, 5.41) is 0. The number of rotatable bonds is 0. The van der Waals surface area contributed by atoms with Crippen molar-refractivity contribution in [2.45, 2.75) is 136 Å². The number of hydrogen-bond donors (Lipinski definition) is 0. The number of hydrogen-bond acceptors (Lipinski definition) is 4. The van der Waals surface area contributed by atoms with E-state index < -0.39 is 0 Å². The second-order valence-corrected chi connectivity index (χ2v) is 15.5. The molecule has 0 N–H and O–H groups in total. The highest BCUT2D eigenvalue weighted by atomic mass is 32.2. The minimum atomic E-state index is 0. The fourth-order valence-corrected chi connectivity index (χ4v) is 6.78. The second-order valence-electron chi connectivity index (χ2n) is 13.2. The van der Waals surface area contributed by atoms with Crippen LogP contribution in [0.15, 0.2) is 0 Å². The molecule has 0 unspecified atom stereocenters. The third-order valence-electron chi connectivity index (χ3n) is 6.96. The van der Waals surface area contributed by atoms with Crippen molar-refractivity contribution in [2.24, 2.45) is 21.7 Å². The predicted molar refractivity (Wildman–Crippen MR) is 175 cm³/mol. The molecule has 224 valence electrons. The van der Waals surface area contributed by atoms with Gasteiger partial charge in [-0.2, -0.15) is 23.5 Å². The molecule has 0 saturated carbocycles. The van der Waals surface area contributed by atoms with Gasteiger partial charge in [0.2, 0.25) is 0 Å². The Morgan fingerprint density at radius 1 is 0.444 bits per heavy atom. The Balaban J connectivity index is -0.000000183. The molecule has 0 radical (unpaired) electrons. The van der Waals surface area contributed by atoms with Gasteiger partial charge in [-0.25, -0.2) is 0 Å². The quantitative estimate of drug-likeness (QED) is 0.297. The summed E-state index contributed by atoms with van der Waals surface area (Å²) in [6.45, 7) is 22.4. The molecule has 0 spiro atoms. The smallest absolute Gasteiger partial charge is 0.0517 e. The lowest BCUT2D eigenvalue weighted by Gasteiger charge is -2.28. The minimum absolute atomic E-state index is 0. The second kappa shape index (κ2) is 21.4. The average Bonchev–Trinajstić information content (AvgIpc) is 2.69. The zero-order valence-corrected chi connectivity index (χ0v) is 24.6. The monoisotopic (exact) mass is 552 g/mol. The van der Waals surface area contributed by atoms with Crippen LogP contribution in [0, 0.1) is 21.7 Å². The van der Waals surface area contributed by atoms with Gasteiger partial charge in [-0.15, -0.1) is 0 Å². The highest BCUT2D eigenvalue weighted by molar-refractivity contribution is 7.99. The van der Waals surface area contributed by atoms with E-state index in [4.69, 9.17) is 9.47 Å². The first kappa shape index (κ1) is 43.7. The fourth-order valence-electron chi connectivity index (χ4n) is 3.99. The summed E-state index contributed by atoms with van der Waals surface area (Å²) in [6.07, 6.45) is 10.7. The highest BCUT2D eigenvalue weighted by Crippen LogP contribution is 2.33. The topological polar surface area (TPSA) is 18.5 Å². The standard InChI is InChI=1S/2C7H14O.2C7H14S.4CH4/c1-7(2)3-5-8-6-4-7;1-7(2)4-3-5-8-6-7;1-7(2)3-5-8-6-4-7;1-7(2)4-3-5-8-6-7;;;;/h4*3-6H2,1-2H3;4*1H4. The summed E-state index contributed by atoms with van der Waals surface area (Å²) < 4.78 is 10.5. The summed E-state index contributed by atoms with van der Waals surface area (Å²) >= 11 is 4.20. The van der Waals surface area contributed by atoms with Crippen LogP contribution in [0.4, 0.5) is 0 Å². The van der Waals surface area contributed by atoms with E-state index in [2.05, 4.69) is 78.9 Å². The van der Waals surface area contributed by atoms with Crippen molar-refractivity contribution < 1.29 is 9.47 Å². The SMILES string of the molecule is C.C.C.C.CC1(C)CCCOC1.CC1(C)CCCSC1.CC1(C)CCOCC1.CC1(C)CCSCC1. The van der Waals surface area contributed by atoms with Crippen LogP contribution in [-0.4, -0.2) is 49.4 Å². The van der Waals surface area contributed by atoms with Gasteiger partial charge in [0.25, 0.3) is 0 Å². The van der Waals surface area contributed by atoms with Gasteiger partial charge in [-0.3, -0.25) is 0 Å². The van der Waals surface area contributed by atoms with Crippen LogP contribution >= 0.6 is 23.5 Å². The minimum Gasteiger partial charge on any atom is -0.381 e. The van der Waals surface area contributed by atoms with Crippen molar-refractivity contribution in [2.75, 3.05) is 49.4 Å². The molecule has 0 aliphatic carbocycles. The summed E-state index contributed by atoms with van der Waals surface area (Å²) in [5.74, 6) is 5.52. The molecule has 0 atom stereocenters. The van der Waals surface area contributed by atoms with E-state index in [1.54, 1.807) is 0 Å². The van der Waals surface area contributed by atoms with Gasteiger partial charge in [0.15, 0.2) is 0 Å². The van der Waals surface area contributed by atoms with E-state index in [9.17, 15) is 0 Å². The molecule has 0 aromatic heterocycles. The van der Waals surface area contributed by atoms with Crippen LogP contribution in [0.2, 0.25) is 0 Å². The molecule has 4 saturated heterocycles. The third-order valence-corrected chi connectivity index (χ3v) is 9.51. The Labute approximate surface area is 240 Å². The van der Waals surface area contributed by atoms with Gasteiger partial charge in [0, 0.05) is 19.8 Å². The molecule has 4 aliphatic rings. The summed E-state index contributed by atoms with van der Waals surface area (Å²) in [5.41, 5.74) is 2.31. The molecule has 4 aliphatic heterocycles. The van der Waals surface area contributed by atoms with Crippen LogP contribution < -0.4 is 0 Å². The summed E-state index contributed by atoms with van der Waals surface area (Å²) in [7, 11) is 0. The Hall–Kier alpha value is 0.620. The van der Waals surface area contributed by atoms with E-state index in [-0.39, 0.29) is 29.7 Å². The summed E-state index contributed by atoms with van der Waals surface area (Å²) in [6, 6.07) is 0. The lowest BCUT2D eigenvalue weighted by atomic mass is 9.85. The van der Waals surface area contributed by atoms with Gasteiger partial charge in [-0.1, -0.05) is 85.1 Å². The molecule has 0 amide bonds. The summed E-state index contributed by atoms with van der Waals surface area (Å²) in [4.78, 5) is 0. The van der Waals surface area contributed by atoms with Gasteiger partial charge in [-0.05, 0) is 96.0 Å².